The smallest absolute Gasteiger partial charge is 0.159 e. The summed E-state index contributed by atoms with van der Waals surface area (Å²) < 4.78 is 40.2. The van der Waals surface area contributed by atoms with Crippen LogP contribution in [0.1, 0.15) is 16.5 Å². The zero-order chi connectivity index (χ0) is 14.9. The lowest BCUT2D eigenvalue weighted by Crippen LogP contribution is -2.00. The van der Waals surface area contributed by atoms with E-state index >= 15 is 0 Å². The lowest BCUT2D eigenvalue weighted by atomic mass is 10.0. The van der Waals surface area contributed by atoms with E-state index in [0.717, 1.165) is 12.1 Å². The summed E-state index contributed by atoms with van der Waals surface area (Å²) in [6, 6.07) is 6.10. The van der Waals surface area contributed by atoms with Gasteiger partial charge in [-0.15, -0.1) is 11.6 Å². The first-order valence-electron chi connectivity index (χ1n) is 5.61. The lowest BCUT2D eigenvalue weighted by Gasteiger charge is -2.12. The van der Waals surface area contributed by atoms with E-state index in [0.29, 0.717) is 15.1 Å². The van der Waals surface area contributed by atoms with Crippen molar-refractivity contribution in [2.24, 2.45) is 0 Å². The van der Waals surface area contributed by atoms with Gasteiger partial charge in [-0.2, -0.15) is 0 Å². The number of halogens is 6. The van der Waals surface area contributed by atoms with Crippen LogP contribution in [0.5, 0.6) is 0 Å². The highest BCUT2D eigenvalue weighted by molar-refractivity contribution is 9.10. The van der Waals surface area contributed by atoms with E-state index in [1.165, 1.54) is 18.2 Å². The van der Waals surface area contributed by atoms with Gasteiger partial charge in [-0.05, 0) is 52.2 Å². The first-order valence-corrected chi connectivity index (χ1v) is 7.21. The molecule has 2 rings (SSSR count). The number of alkyl halides is 1. The largest absolute Gasteiger partial charge is 0.207 e. The average Bonchev–Trinajstić information content (AvgIpc) is 2.38. The van der Waals surface area contributed by atoms with E-state index < -0.39 is 22.8 Å². The summed E-state index contributed by atoms with van der Waals surface area (Å²) in [5.41, 5.74) is 0.687. The molecular weight excluding hydrogens is 376 g/mol. The van der Waals surface area contributed by atoms with Crippen molar-refractivity contribution in [1.82, 2.24) is 0 Å². The van der Waals surface area contributed by atoms with Gasteiger partial charge < -0.3 is 0 Å². The molecule has 1 atom stereocenters. The van der Waals surface area contributed by atoms with Crippen molar-refractivity contribution in [2.75, 3.05) is 0 Å². The SMILES string of the molecule is Fc1ccc(CC(Cl)c2cc(Cl)c(Br)cc2F)cc1F. The Hall–Kier alpha value is -0.710. The van der Waals surface area contributed by atoms with Crippen molar-refractivity contribution in [3.8, 4) is 0 Å². The zero-order valence-electron chi connectivity index (χ0n) is 9.94. The van der Waals surface area contributed by atoms with Crippen LogP contribution in [0.4, 0.5) is 13.2 Å². The molecule has 0 radical (unpaired) electrons. The maximum absolute atomic E-state index is 13.8. The van der Waals surface area contributed by atoms with Gasteiger partial charge in [-0.1, -0.05) is 17.7 Å². The highest BCUT2D eigenvalue weighted by Gasteiger charge is 2.17. The summed E-state index contributed by atoms with van der Waals surface area (Å²) in [7, 11) is 0. The predicted octanol–water partition coefficient (Wildman–Crippen LogP) is 6.04. The molecule has 106 valence electrons. The molecule has 0 aliphatic rings. The van der Waals surface area contributed by atoms with E-state index in [1.54, 1.807) is 0 Å². The molecule has 0 amide bonds. The van der Waals surface area contributed by atoms with Crippen molar-refractivity contribution in [3.63, 3.8) is 0 Å². The summed E-state index contributed by atoms with van der Waals surface area (Å²) in [5.74, 6) is -2.40. The molecule has 0 nitrogen and oxygen atoms in total. The van der Waals surface area contributed by atoms with Crippen LogP contribution >= 0.6 is 39.1 Å². The molecule has 2 aromatic rings. The molecule has 0 fully saturated rings. The van der Waals surface area contributed by atoms with E-state index in [9.17, 15) is 13.2 Å². The minimum atomic E-state index is -0.958. The maximum Gasteiger partial charge on any atom is 0.159 e. The molecule has 0 aliphatic heterocycles. The van der Waals surface area contributed by atoms with Gasteiger partial charge >= 0.3 is 0 Å². The quantitative estimate of drug-likeness (QED) is 0.447. The Kier molecular flexibility index (Phi) is 4.99. The molecule has 6 heteroatoms. The summed E-state index contributed by atoms with van der Waals surface area (Å²) in [6.07, 6.45) is 0.160. The fourth-order valence-corrected chi connectivity index (χ4v) is 2.59. The number of rotatable bonds is 3. The molecule has 20 heavy (non-hydrogen) atoms. The molecule has 0 bridgehead atoms. The second kappa shape index (κ2) is 6.37. The van der Waals surface area contributed by atoms with Crippen molar-refractivity contribution in [1.29, 1.82) is 0 Å². The minimum absolute atomic E-state index is 0.160. The zero-order valence-corrected chi connectivity index (χ0v) is 13.0. The average molecular weight is 384 g/mol. The Labute approximate surface area is 132 Å². The van der Waals surface area contributed by atoms with Crippen molar-refractivity contribution in [3.05, 3.63) is 68.4 Å². The second-order valence-electron chi connectivity index (χ2n) is 4.21. The van der Waals surface area contributed by atoms with Crippen LogP contribution in [0, 0.1) is 17.5 Å². The molecular formula is C14H8BrCl2F3. The van der Waals surface area contributed by atoms with E-state index in [4.69, 9.17) is 23.2 Å². The Balaban J connectivity index is 2.25. The van der Waals surface area contributed by atoms with Crippen LogP contribution in [-0.4, -0.2) is 0 Å². The Morgan fingerprint density at radius 2 is 1.70 bits per heavy atom. The highest BCUT2D eigenvalue weighted by atomic mass is 79.9. The third-order valence-electron chi connectivity index (χ3n) is 2.78. The van der Waals surface area contributed by atoms with Gasteiger partial charge in [0, 0.05) is 10.0 Å². The second-order valence-corrected chi connectivity index (χ2v) is 6.00. The van der Waals surface area contributed by atoms with Crippen LogP contribution in [0.25, 0.3) is 0 Å². The van der Waals surface area contributed by atoms with Crippen LogP contribution in [0.2, 0.25) is 5.02 Å². The Morgan fingerprint density at radius 1 is 1.00 bits per heavy atom. The van der Waals surface area contributed by atoms with Gasteiger partial charge in [0.1, 0.15) is 5.82 Å². The highest BCUT2D eigenvalue weighted by Crippen LogP contribution is 2.33. The van der Waals surface area contributed by atoms with Gasteiger partial charge in [0.2, 0.25) is 0 Å². The fourth-order valence-electron chi connectivity index (χ4n) is 1.76. The van der Waals surface area contributed by atoms with Gasteiger partial charge in [-0.3, -0.25) is 0 Å². The summed E-state index contributed by atoms with van der Waals surface area (Å²) in [4.78, 5) is 0. The van der Waals surface area contributed by atoms with Crippen LogP contribution in [-0.2, 0) is 6.42 Å². The molecule has 0 heterocycles. The molecule has 1 unspecified atom stereocenters. The third kappa shape index (κ3) is 3.48. The molecule has 0 aromatic heterocycles. The standard InChI is InChI=1S/C14H8BrCl2F3/c15-9-6-13(19)8(5-11(9)17)10(16)3-7-1-2-12(18)14(20)4-7/h1-2,4-6,10H,3H2. The topological polar surface area (TPSA) is 0 Å². The maximum atomic E-state index is 13.8. The number of benzene rings is 2. The summed E-state index contributed by atoms with van der Waals surface area (Å²) in [6.45, 7) is 0. The van der Waals surface area contributed by atoms with Gasteiger partial charge in [0.05, 0.1) is 10.4 Å². The molecule has 2 aromatic carbocycles. The van der Waals surface area contributed by atoms with Gasteiger partial charge in [-0.25, -0.2) is 13.2 Å². The minimum Gasteiger partial charge on any atom is -0.207 e. The first-order chi connectivity index (χ1) is 9.38. The third-order valence-corrected chi connectivity index (χ3v) is 4.36. The van der Waals surface area contributed by atoms with Crippen LogP contribution in [0.15, 0.2) is 34.8 Å². The summed E-state index contributed by atoms with van der Waals surface area (Å²) in [5, 5.41) is -0.400. The molecule has 0 saturated heterocycles. The van der Waals surface area contributed by atoms with Crippen molar-refractivity contribution >= 4 is 39.1 Å². The lowest BCUT2D eigenvalue weighted by molar-refractivity contribution is 0.507. The number of hydrogen-bond acceptors (Lipinski definition) is 0. The van der Waals surface area contributed by atoms with Crippen molar-refractivity contribution in [2.45, 2.75) is 11.8 Å². The fraction of sp³-hybridized carbons (Fsp3) is 0.143. The Bertz CT molecular complexity index is 647. The molecule has 0 N–H and O–H groups in total. The van der Waals surface area contributed by atoms with Crippen LogP contribution < -0.4 is 0 Å². The Morgan fingerprint density at radius 3 is 2.35 bits per heavy atom. The van der Waals surface area contributed by atoms with E-state index in [-0.39, 0.29) is 12.0 Å². The molecule has 0 saturated carbocycles. The van der Waals surface area contributed by atoms with E-state index in [1.807, 2.05) is 0 Å². The number of hydrogen-bond donors (Lipinski definition) is 0. The monoisotopic (exact) mass is 382 g/mol. The normalized spacial score (nSPS) is 12.5. The van der Waals surface area contributed by atoms with Gasteiger partial charge in [0.15, 0.2) is 11.6 Å². The van der Waals surface area contributed by atoms with Gasteiger partial charge in [0.25, 0.3) is 0 Å². The summed E-state index contributed by atoms with van der Waals surface area (Å²) >= 11 is 15.1. The first kappa shape index (κ1) is 15.7. The van der Waals surface area contributed by atoms with E-state index in [2.05, 4.69) is 15.9 Å². The predicted molar refractivity (Wildman–Crippen MR) is 77.8 cm³/mol. The van der Waals surface area contributed by atoms with Crippen molar-refractivity contribution < 1.29 is 13.2 Å². The van der Waals surface area contributed by atoms with Crippen LogP contribution in [0.3, 0.4) is 0 Å². The molecule has 0 spiro atoms. The molecule has 0 aliphatic carbocycles.